The van der Waals surface area contributed by atoms with E-state index in [0.717, 1.165) is 0 Å². The van der Waals surface area contributed by atoms with Crippen LogP contribution in [0.25, 0.3) is 0 Å². The summed E-state index contributed by atoms with van der Waals surface area (Å²) in [5, 5.41) is 8.63. The summed E-state index contributed by atoms with van der Waals surface area (Å²) < 4.78 is 31.6. The molecule has 0 aromatic heterocycles. The van der Waals surface area contributed by atoms with Crippen molar-refractivity contribution in [2.45, 2.75) is 0 Å². The zero-order valence-corrected chi connectivity index (χ0v) is 12.0. The molecule has 8 heteroatoms. The predicted molar refractivity (Wildman–Crippen MR) is 55.6 cm³/mol. The Bertz CT molecular complexity index is 305. The van der Waals surface area contributed by atoms with Crippen LogP contribution in [0.4, 0.5) is 0 Å². The molecule has 0 amide bonds. The van der Waals surface area contributed by atoms with Gasteiger partial charge < -0.3 is 17.7 Å². The van der Waals surface area contributed by atoms with Gasteiger partial charge in [-0.25, -0.2) is 0 Å². The van der Waals surface area contributed by atoms with Crippen LogP contribution in [0, 0.1) is 0 Å². The minimum absolute atomic E-state index is 0. The van der Waals surface area contributed by atoms with E-state index in [0.29, 0.717) is 5.75 Å². The molecule has 1 rings (SSSR count). The molecule has 0 radical (unpaired) electrons. The van der Waals surface area contributed by atoms with Crippen LogP contribution in [-0.2, 0) is 23.0 Å². The van der Waals surface area contributed by atoms with E-state index in [1.807, 2.05) is 6.07 Å². The van der Waals surface area contributed by atoms with E-state index in [-0.39, 0.29) is 29.6 Å². The van der Waals surface area contributed by atoms with Gasteiger partial charge in [0, 0.05) is 0 Å². The van der Waals surface area contributed by atoms with E-state index in [2.05, 4.69) is 12.6 Å². The standard InChI is InChI=1S/C6H6O.CH4S.Na.H2O4S/c7-6-4-2-1-3-5-6;1-2;;1-5(2,3)4/h1-5,7H;2H,1H3;;(H2,1,2,3,4)/q;;+1;/p-1. The van der Waals surface area contributed by atoms with Crippen LogP contribution >= 0.6 is 0 Å². The Balaban J connectivity index is -0.000000162. The summed E-state index contributed by atoms with van der Waals surface area (Å²) in [4.78, 5) is 0. The van der Waals surface area contributed by atoms with Gasteiger partial charge in [-0.2, -0.15) is 14.7 Å². The average molecular weight is 262 g/mol. The number of para-hydroxylation sites is 1. The molecule has 0 saturated heterocycles. The van der Waals surface area contributed by atoms with Crippen molar-refractivity contribution in [3.05, 3.63) is 30.3 Å². The maximum atomic E-state index is 8.74. The van der Waals surface area contributed by atoms with Gasteiger partial charge in [0.1, 0.15) is 5.75 Å². The van der Waals surface area contributed by atoms with Crippen molar-refractivity contribution in [1.82, 2.24) is 0 Å². The van der Waals surface area contributed by atoms with Gasteiger partial charge in [-0.15, -0.1) is 0 Å². The largest absolute Gasteiger partial charge is 1.00 e. The van der Waals surface area contributed by atoms with Gasteiger partial charge in [-0.1, -0.05) is 18.2 Å². The summed E-state index contributed by atoms with van der Waals surface area (Å²) in [5.74, 6) is 0.322. The number of hydrogen-bond donors (Lipinski definition) is 3. The van der Waals surface area contributed by atoms with Gasteiger partial charge in [-0.3, -0.25) is 9.11 Å². The topological polar surface area (TPSA) is 94.8 Å². The Morgan fingerprint density at radius 1 is 1.07 bits per heavy atom. The number of benzene rings is 1. The molecule has 0 bridgehead atoms. The van der Waals surface area contributed by atoms with Crippen LogP contribution in [0.15, 0.2) is 30.3 Å². The number of aromatic hydroxyl groups is 1. The Morgan fingerprint density at radius 3 is 1.47 bits per heavy atom. The maximum absolute atomic E-state index is 8.74. The molecule has 0 aliphatic rings. The van der Waals surface area contributed by atoms with Gasteiger partial charge in [0.2, 0.25) is 0 Å². The summed E-state index contributed by atoms with van der Waals surface area (Å²) in [6.07, 6.45) is 1.58. The minimum Gasteiger partial charge on any atom is -0.796 e. The van der Waals surface area contributed by atoms with Crippen molar-refractivity contribution >= 4 is 23.0 Å². The smallest absolute Gasteiger partial charge is 0.796 e. The first-order valence-corrected chi connectivity index (χ1v) is 5.45. The molecular formula is C7H11NaO5S2. The third-order valence-electron chi connectivity index (χ3n) is 0.756. The van der Waals surface area contributed by atoms with Crippen LogP contribution in [0.3, 0.4) is 0 Å². The van der Waals surface area contributed by atoms with Crippen LogP contribution in [0.5, 0.6) is 5.75 Å². The first kappa shape index (κ1) is 20.6. The second kappa shape index (κ2) is 12.3. The van der Waals surface area contributed by atoms with Crippen LogP contribution < -0.4 is 29.6 Å². The van der Waals surface area contributed by atoms with Crippen LogP contribution in [0.2, 0.25) is 0 Å². The molecule has 0 atom stereocenters. The van der Waals surface area contributed by atoms with Crippen molar-refractivity contribution in [1.29, 1.82) is 0 Å². The van der Waals surface area contributed by atoms with E-state index in [9.17, 15) is 0 Å². The van der Waals surface area contributed by atoms with Crippen molar-refractivity contribution < 1.29 is 52.2 Å². The van der Waals surface area contributed by atoms with Crippen LogP contribution in [0.1, 0.15) is 0 Å². The molecule has 5 nitrogen and oxygen atoms in total. The summed E-state index contributed by atoms with van der Waals surface area (Å²) in [5.41, 5.74) is 0. The minimum atomic E-state index is -4.67. The van der Waals surface area contributed by atoms with Gasteiger partial charge in [0.05, 0.1) is 0 Å². The summed E-state index contributed by atoms with van der Waals surface area (Å²) in [7, 11) is -4.67. The molecule has 0 heterocycles. The second-order valence-corrected chi connectivity index (χ2v) is 2.68. The molecule has 1 aromatic carbocycles. The number of phenols is 1. The van der Waals surface area contributed by atoms with Crippen LogP contribution in [-0.4, -0.2) is 28.9 Å². The first-order chi connectivity index (χ1) is 6.39. The predicted octanol–water partition coefficient (Wildman–Crippen LogP) is -2.09. The Morgan fingerprint density at radius 2 is 1.33 bits per heavy atom. The fraction of sp³-hybridized carbons (Fsp3) is 0.143. The van der Waals surface area contributed by atoms with E-state index < -0.39 is 10.4 Å². The van der Waals surface area contributed by atoms with Gasteiger partial charge in [-0.05, 0) is 12.1 Å². The van der Waals surface area contributed by atoms with Gasteiger partial charge in [0.25, 0.3) is 0 Å². The average Bonchev–Trinajstić information content (AvgIpc) is 2.06. The normalized spacial score (nSPS) is 8.27. The molecule has 0 saturated carbocycles. The molecule has 82 valence electrons. The quantitative estimate of drug-likeness (QED) is 0.282. The van der Waals surface area contributed by atoms with E-state index >= 15 is 0 Å². The van der Waals surface area contributed by atoms with E-state index in [4.69, 9.17) is 22.6 Å². The van der Waals surface area contributed by atoms with E-state index in [1.165, 1.54) is 0 Å². The van der Waals surface area contributed by atoms with E-state index in [1.54, 1.807) is 30.5 Å². The maximum Gasteiger partial charge on any atom is 1.00 e. The molecule has 0 fully saturated rings. The van der Waals surface area contributed by atoms with Crippen molar-refractivity contribution in [3.63, 3.8) is 0 Å². The molecule has 0 aliphatic carbocycles. The first-order valence-electron chi connectivity index (χ1n) is 3.24. The Hall–Kier alpha value is 0.240. The molecular weight excluding hydrogens is 251 g/mol. The molecule has 3 N–H and O–H groups in total. The van der Waals surface area contributed by atoms with Crippen molar-refractivity contribution in [3.8, 4) is 5.75 Å². The van der Waals surface area contributed by atoms with Gasteiger partial charge >= 0.3 is 40.0 Å². The Labute approximate surface area is 117 Å². The molecule has 0 aliphatic heterocycles. The van der Waals surface area contributed by atoms with Crippen molar-refractivity contribution in [2.24, 2.45) is 0 Å². The van der Waals surface area contributed by atoms with Gasteiger partial charge in [0.15, 0.2) is 0 Å². The monoisotopic (exact) mass is 262 g/mol. The summed E-state index contributed by atoms with van der Waals surface area (Å²) in [6, 6.07) is 8.71. The number of rotatable bonds is 0. The SMILES string of the molecule is C[S-].O=S(=O)(O)O.Oc1ccccc1.[Na+]. The Kier molecular flexibility index (Phi) is 16.9. The second-order valence-electron chi connectivity index (χ2n) is 1.78. The molecule has 1 aromatic rings. The van der Waals surface area contributed by atoms with Crippen molar-refractivity contribution in [2.75, 3.05) is 6.26 Å². The third kappa shape index (κ3) is 31.4. The summed E-state index contributed by atoms with van der Waals surface area (Å²) in [6.45, 7) is 0. The molecule has 0 unspecified atom stereocenters. The number of hydrogen-bond acceptors (Lipinski definition) is 4. The summed E-state index contributed by atoms with van der Waals surface area (Å²) >= 11 is 4.08. The molecule has 15 heavy (non-hydrogen) atoms. The third-order valence-corrected chi connectivity index (χ3v) is 0.756. The zero-order valence-electron chi connectivity index (χ0n) is 8.36. The fourth-order valence-electron chi connectivity index (χ4n) is 0.428. The zero-order chi connectivity index (χ0) is 11.6. The number of phenolic OH excluding ortho intramolecular Hbond substituents is 1. The molecule has 0 spiro atoms. The fourth-order valence-corrected chi connectivity index (χ4v) is 0.428.